The molecule has 5 nitrogen and oxygen atoms in total. The van der Waals surface area contributed by atoms with Crippen molar-refractivity contribution in [3.63, 3.8) is 0 Å². The average Bonchev–Trinajstić information content (AvgIpc) is 3.18. The van der Waals surface area contributed by atoms with Gasteiger partial charge in [0.1, 0.15) is 5.76 Å². The second-order valence-electron chi connectivity index (χ2n) is 7.30. The molecule has 3 rings (SSSR count). The van der Waals surface area contributed by atoms with E-state index in [9.17, 15) is 9.90 Å². The summed E-state index contributed by atoms with van der Waals surface area (Å²) in [5.41, 5.74) is 0. The number of likely N-dealkylation sites (tertiary alicyclic amines) is 2. The van der Waals surface area contributed by atoms with Gasteiger partial charge in [-0.3, -0.25) is 4.79 Å². The highest BCUT2D eigenvalue weighted by molar-refractivity contribution is 5.76. The van der Waals surface area contributed by atoms with Crippen LogP contribution in [0.5, 0.6) is 0 Å². The van der Waals surface area contributed by atoms with Crippen molar-refractivity contribution < 1.29 is 14.3 Å². The number of aliphatic hydroxyl groups excluding tert-OH is 1. The smallest absolute Gasteiger partial charge is 0.223 e. The summed E-state index contributed by atoms with van der Waals surface area (Å²) in [5.74, 6) is 1.67. The van der Waals surface area contributed by atoms with Gasteiger partial charge in [-0.05, 0) is 44.0 Å². The van der Waals surface area contributed by atoms with Gasteiger partial charge in [-0.15, -0.1) is 0 Å². The predicted octanol–water partition coefficient (Wildman–Crippen LogP) is 2.16. The van der Waals surface area contributed by atoms with E-state index in [1.807, 2.05) is 17.0 Å². The first-order valence-corrected chi connectivity index (χ1v) is 9.39. The van der Waals surface area contributed by atoms with E-state index in [1.54, 1.807) is 6.26 Å². The molecule has 0 unspecified atom stereocenters. The minimum Gasteiger partial charge on any atom is -0.469 e. The van der Waals surface area contributed by atoms with Crippen LogP contribution in [0, 0.1) is 11.8 Å². The lowest BCUT2D eigenvalue weighted by Crippen LogP contribution is -2.35. The molecule has 2 fully saturated rings. The number of furan rings is 1. The summed E-state index contributed by atoms with van der Waals surface area (Å²) in [4.78, 5) is 17.0. The normalized spacial score (nSPS) is 25.8. The Bertz CT molecular complexity index is 495. The highest BCUT2D eigenvalue weighted by Gasteiger charge is 2.35. The van der Waals surface area contributed by atoms with Crippen molar-refractivity contribution in [3.8, 4) is 0 Å². The van der Waals surface area contributed by atoms with Crippen LogP contribution in [-0.4, -0.2) is 60.1 Å². The molecule has 0 spiro atoms. The molecular formula is C19H30N2O3. The second-order valence-corrected chi connectivity index (χ2v) is 7.30. The van der Waals surface area contributed by atoms with Gasteiger partial charge in [0.25, 0.3) is 0 Å². The maximum absolute atomic E-state index is 12.5. The van der Waals surface area contributed by atoms with Crippen molar-refractivity contribution in [1.82, 2.24) is 9.80 Å². The van der Waals surface area contributed by atoms with E-state index in [4.69, 9.17) is 4.42 Å². The Balaban J connectivity index is 1.50. The summed E-state index contributed by atoms with van der Waals surface area (Å²) in [5, 5.41) is 9.73. The van der Waals surface area contributed by atoms with Crippen molar-refractivity contribution in [2.45, 2.75) is 38.5 Å². The van der Waals surface area contributed by atoms with Gasteiger partial charge in [-0.25, -0.2) is 0 Å². The van der Waals surface area contributed by atoms with Gasteiger partial charge in [-0.1, -0.05) is 12.8 Å². The summed E-state index contributed by atoms with van der Waals surface area (Å²) >= 11 is 0. The van der Waals surface area contributed by atoms with E-state index < -0.39 is 0 Å². The highest BCUT2D eigenvalue weighted by Crippen LogP contribution is 2.26. The van der Waals surface area contributed by atoms with Crippen molar-refractivity contribution in [3.05, 3.63) is 24.2 Å². The molecular weight excluding hydrogens is 304 g/mol. The molecule has 1 aromatic heterocycles. The van der Waals surface area contributed by atoms with E-state index in [0.29, 0.717) is 25.3 Å². The Morgan fingerprint density at radius 2 is 1.92 bits per heavy atom. The number of carbonyl (C=O) groups is 1. The quantitative estimate of drug-likeness (QED) is 0.866. The Kier molecular flexibility index (Phi) is 6.32. The van der Waals surface area contributed by atoms with E-state index in [-0.39, 0.29) is 18.4 Å². The van der Waals surface area contributed by atoms with E-state index in [1.165, 1.54) is 38.8 Å². The van der Waals surface area contributed by atoms with Gasteiger partial charge in [0.05, 0.1) is 6.26 Å². The van der Waals surface area contributed by atoms with E-state index in [2.05, 4.69) is 4.90 Å². The average molecular weight is 334 g/mol. The largest absolute Gasteiger partial charge is 0.469 e. The molecule has 0 saturated carbocycles. The van der Waals surface area contributed by atoms with E-state index in [0.717, 1.165) is 18.8 Å². The number of amides is 1. The van der Waals surface area contributed by atoms with Crippen LogP contribution in [0.4, 0.5) is 0 Å². The van der Waals surface area contributed by atoms with Gasteiger partial charge in [-0.2, -0.15) is 0 Å². The lowest BCUT2D eigenvalue weighted by Gasteiger charge is -2.26. The van der Waals surface area contributed by atoms with Crippen LogP contribution >= 0.6 is 0 Å². The van der Waals surface area contributed by atoms with Crippen molar-refractivity contribution >= 4 is 5.91 Å². The van der Waals surface area contributed by atoms with Gasteiger partial charge in [0.2, 0.25) is 5.91 Å². The van der Waals surface area contributed by atoms with Crippen LogP contribution < -0.4 is 0 Å². The first-order chi connectivity index (χ1) is 11.8. The van der Waals surface area contributed by atoms with Crippen molar-refractivity contribution in [2.75, 3.05) is 39.3 Å². The SMILES string of the molecule is O=C(CCc1ccco1)N1C[C@@H](CO)[C@@H](CN2CCCCCC2)C1. The molecule has 1 aromatic rings. The fourth-order valence-electron chi connectivity index (χ4n) is 4.05. The molecule has 0 aromatic carbocycles. The summed E-state index contributed by atoms with van der Waals surface area (Å²) < 4.78 is 5.30. The minimum absolute atomic E-state index is 0.181. The van der Waals surface area contributed by atoms with Gasteiger partial charge >= 0.3 is 0 Å². The highest BCUT2D eigenvalue weighted by atomic mass is 16.3. The maximum atomic E-state index is 12.5. The lowest BCUT2D eigenvalue weighted by molar-refractivity contribution is -0.130. The standard InChI is InChI=1S/C19H30N2O3/c22-15-17-14-21(19(23)8-7-18-6-5-11-24-18)13-16(17)12-20-9-3-1-2-4-10-20/h5-6,11,16-17,22H,1-4,7-10,12-15H2/t16-,17-/m0/s1. The molecule has 134 valence electrons. The molecule has 2 aliphatic rings. The second kappa shape index (κ2) is 8.67. The molecule has 0 radical (unpaired) electrons. The molecule has 2 aliphatic heterocycles. The Morgan fingerprint density at radius 3 is 2.58 bits per heavy atom. The van der Waals surface area contributed by atoms with Gasteiger partial charge in [0.15, 0.2) is 0 Å². The molecule has 3 heterocycles. The van der Waals surface area contributed by atoms with Crippen LogP contribution in [0.3, 0.4) is 0 Å². The third-order valence-corrected chi connectivity index (χ3v) is 5.52. The number of hydrogen-bond donors (Lipinski definition) is 1. The molecule has 1 amide bonds. The van der Waals surface area contributed by atoms with Crippen LogP contribution in [0.15, 0.2) is 22.8 Å². The zero-order valence-electron chi connectivity index (χ0n) is 14.5. The molecule has 0 bridgehead atoms. The zero-order valence-corrected chi connectivity index (χ0v) is 14.5. The third kappa shape index (κ3) is 4.61. The van der Waals surface area contributed by atoms with Crippen LogP contribution in [0.1, 0.15) is 37.9 Å². The summed E-state index contributed by atoms with van der Waals surface area (Å²) in [6.07, 6.45) is 8.02. The number of aliphatic hydroxyl groups is 1. The van der Waals surface area contributed by atoms with Gasteiger partial charge in [0, 0.05) is 45.0 Å². The van der Waals surface area contributed by atoms with Gasteiger partial charge < -0.3 is 19.3 Å². The van der Waals surface area contributed by atoms with Crippen LogP contribution in [0.25, 0.3) is 0 Å². The van der Waals surface area contributed by atoms with Crippen molar-refractivity contribution in [2.24, 2.45) is 11.8 Å². The monoisotopic (exact) mass is 334 g/mol. The number of carbonyl (C=O) groups excluding carboxylic acids is 1. The number of rotatable bonds is 6. The third-order valence-electron chi connectivity index (χ3n) is 5.52. The van der Waals surface area contributed by atoms with Crippen LogP contribution in [0.2, 0.25) is 0 Å². The Labute approximate surface area is 144 Å². The van der Waals surface area contributed by atoms with Crippen LogP contribution in [-0.2, 0) is 11.2 Å². The first kappa shape index (κ1) is 17.5. The Hall–Kier alpha value is -1.33. The zero-order chi connectivity index (χ0) is 16.8. The molecule has 1 N–H and O–H groups in total. The molecule has 2 saturated heterocycles. The molecule has 0 aliphatic carbocycles. The summed E-state index contributed by atoms with van der Waals surface area (Å²) in [6.45, 7) is 5.03. The molecule has 24 heavy (non-hydrogen) atoms. The van der Waals surface area contributed by atoms with Crippen molar-refractivity contribution in [1.29, 1.82) is 0 Å². The maximum Gasteiger partial charge on any atom is 0.223 e. The number of nitrogens with zero attached hydrogens (tertiary/aromatic N) is 2. The summed E-state index contributed by atoms with van der Waals surface area (Å²) in [7, 11) is 0. The molecule has 2 atom stereocenters. The Morgan fingerprint density at radius 1 is 1.17 bits per heavy atom. The topological polar surface area (TPSA) is 56.9 Å². The predicted molar refractivity (Wildman–Crippen MR) is 92.6 cm³/mol. The fraction of sp³-hybridized carbons (Fsp3) is 0.737. The fourth-order valence-corrected chi connectivity index (χ4v) is 4.05. The molecule has 5 heteroatoms. The first-order valence-electron chi connectivity index (χ1n) is 9.39. The summed E-state index contributed by atoms with van der Waals surface area (Å²) in [6, 6.07) is 3.77. The van der Waals surface area contributed by atoms with E-state index >= 15 is 0 Å². The number of hydrogen-bond acceptors (Lipinski definition) is 4. The minimum atomic E-state index is 0.181. The lowest BCUT2D eigenvalue weighted by atomic mass is 9.96. The number of aryl methyl sites for hydroxylation is 1.